The molecule has 0 saturated heterocycles. The number of hydrogen-bond acceptors (Lipinski definition) is 4. The van der Waals surface area contributed by atoms with E-state index in [-0.39, 0.29) is 17.6 Å². The number of anilines is 1. The zero-order valence-electron chi connectivity index (χ0n) is 18.0. The van der Waals surface area contributed by atoms with Crippen LogP contribution < -0.4 is 5.32 Å². The lowest BCUT2D eigenvalue weighted by molar-refractivity contribution is -0.119. The van der Waals surface area contributed by atoms with Crippen molar-refractivity contribution in [2.24, 2.45) is 23.7 Å². The Balaban J connectivity index is 1.26. The van der Waals surface area contributed by atoms with E-state index in [1.54, 1.807) is 30.5 Å². The molecule has 5 nitrogen and oxygen atoms in total. The fourth-order valence-electron chi connectivity index (χ4n) is 5.84. The minimum Gasteiger partial charge on any atom is -0.324 e. The molecule has 2 heterocycles. The Morgan fingerprint density at radius 2 is 1.91 bits per heavy atom. The number of hydrogen-bond donors (Lipinski definition) is 1. The van der Waals surface area contributed by atoms with Crippen molar-refractivity contribution >= 4 is 22.5 Å². The third kappa shape index (κ3) is 4.05. The van der Waals surface area contributed by atoms with Gasteiger partial charge in [-0.25, -0.2) is 9.37 Å². The van der Waals surface area contributed by atoms with Crippen LogP contribution in [0.1, 0.15) is 42.9 Å². The number of nitriles is 1. The Hall–Kier alpha value is -3.77. The molecule has 5 atom stereocenters. The molecule has 2 fully saturated rings. The van der Waals surface area contributed by atoms with Gasteiger partial charge in [-0.05, 0) is 91.3 Å². The average molecular weight is 439 g/mol. The van der Waals surface area contributed by atoms with Gasteiger partial charge in [0.2, 0.25) is 5.91 Å². The highest BCUT2D eigenvalue weighted by molar-refractivity contribution is 5.94. The van der Waals surface area contributed by atoms with Gasteiger partial charge in [-0.2, -0.15) is 5.26 Å². The van der Waals surface area contributed by atoms with Crippen molar-refractivity contribution in [3.63, 3.8) is 0 Å². The van der Waals surface area contributed by atoms with E-state index >= 15 is 0 Å². The second kappa shape index (κ2) is 8.64. The van der Waals surface area contributed by atoms with E-state index in [9.17, 15) is 14.4 Å². The normalized spacial score (nSPS) is 24.6. The van der Waals surface area contributed by atoms with Crippen LogP contribution in [0, 0.1) is 53.2 Å². The van der Waals surface area contributed by atoms with Gasteiger partial charge in [-0.3, -0.25) is 9.78 Å². The zero-order chi connectivity index (χ0) is 22.9. The monoisotopic (exact) mass is 438 g/mol. The predicted molar refractivity (Wildman–Crippen MR) is 123 cm³/mol. The Bertz CT molecular complexity index is 1280. The molecular weight excluding hydrogens is 415 g/mol. The number of nitrogens with zero attached hydrogens (tertiary/aromatic N) is 3. The Morgan fingerprint density at radius 3 is 2.58 bits per heavy atom. The van der Waals surface area contributed by atoms with Gasteiger partial charge in [0, 0.05) is 11.6 Å². The molecule has 0 spiro atoms. The molecule has 2 aliphatic carbocycles. The molecule has 0 bridgehead atoms. The maximum absolute atomic E-state index is 13.9. The highest BCUT2D eigenvalue weighted by Crippen LogP contribution is 2.54. The summed E-state index contributed by atoms with van der Waals surface area (Å²) in [5.74, 6) is 2.53. The molecule has 2 aliphatic rings. The van der Waals surface area contributed by atoms with Crippen LogP contribution in [0.3, 0.4) is 0 Å². The van der Waals surface area contributed by atoms with E-state index in [4.69, 9.17) is 6.42 Å². The number of pyridine rings is 2. The quantitative estimate of drug-likeness (QED) is 0.578. The van der Waals surface area contributed by atoms with E-state index in [1.807, 2.05) is 6.07 Å². The largest absolute Gasteiger partial charge is 0.324 e. The summed E-state index contributed by atoms with van der Waals surface area (Å²) in [4.78, 5) is 21.3. The van der Waals surface area contributed by atoms with Crippen LogP contribution in [0.4, 0.5) is 10.1 Å². The molecule has 2 saturated carbocycles. The van der Waals surface area contributed by atoms with E-state index in [0.717, 1.165) is 42.1 Å². The van der Waals surface area contributed by atoms with Crippen molar-refractivity contribution in [2.45, 2.75) is 31.6 Å². The molecule has 5 rings (SSSR count). The summed E-state index contributed by atoms with van der Waals surface area (Å²) in [5, 5.41) is 13.5. The summed E-state index contributed by atoms with van der Waals surface area (Å²) in [6.07, 6.45) is 12.3. The first kappa shape index (κ1) is 21.1. The molecule has 2 aromatic heterocycles. The fraction of sp³-hybridized carbons (Fsp3) is 0.333. The van der Waals surface area contributed by atoms with Crippen LogP contribution in [0.5, 0.6) is 0 Å². The summed E-state index contributed by atoms with van der Waals surface area (Å²) in [6, 6.07) is 12.4. The van der Waals surface area contributed by atoms with Crippen molar-refractivity contribution in [3.05, 3.63) is 65.9 Å². The van der Waals surface area contributed by atoms with Gasteiger partial charge >= 0.3 is 0 Å². The van der Waals surface area contributed by atoms with Gasteiger partial charge in [-0.1, -0.05) is 5.92 Å². The van der Waals surface area contributed by atoms with E-state index in [2.05, 4.69) is 27.3 Å². The Labute approximate surface area is 192 Å². The SMILES string of the molecule is C#Cc1ccc(NC(=O)C(C#N)[C@H]2C[C@H]3C[C@@H](c4ccnc5ccc(F)cc45)C[C@H]3C2)cn1. The lowest BCUT2D eigenvalue weighted by Gasteiger charge is -2.20. The standard InChI is InChI=1S/C27H23FN4O/c1-2-21-4-5-22(15-31-21)32-27(33)25(14-29)19-11-16-9-18(10-17(16)12-19)23-7-8-30-26-6-3-20(28)13-24(23)26/h1,3-8,13,15-19,25H,9-12H2,(H,32,33)/t16-,17+,18-,19+,25?. The van der Waals surface area contributed by atoms with E-state index < -0.39 is 5.92 Å². The average Bonchev–Trinajstić information content (AvgIpc) is 3.39. The number of fused-ring (bicyclic) bond motifs is 2. The highest BCUT2D eigenvalue weighted by Gasteiger charge is 2.46. The fourth-order valence-corrected chi connectivity index (χ4v) is 5.84. The smallest absolute Gasteiger partial charge is 0.242 e. The molecular formula is C27H23FN4O. The molecule has 3 aromatic rings. The minimum atomic E-state index is -0.697. The number of amides is 1. The summed E-state index contributed by atoms with van der Waals surface area (Å²) < 4.78 is 13.9. The number of carbonyl (C=O) groups excluding carboxylic acids is 1. The number of nitrogens with one attached hydrogen (secondary N) is 1. The topological polar surface area (TPSA) is 78.7 Å². The number of rotatable bonds is 4. The number of aromatic nitrogens is 2. The molecule has 33 heavy (non-hydrogen) atoms. The lowest BCUT2D eigenvalue weighted by Crippen LogP contribution is -2.27. The molecule has 1 N–H and O–H groups in total. The van der Waals surface area contributed by atoms with Crippen molar-refractivity contribution in [3.8, 4) is 18.4 Å². The van der Waals surface area contributed by atoms with Gasteiger partial charge < -0.3 is 5.32 Å². The number of carbonyl (C=O) groups is 1. The molecule has 1 unspecified atom stereocenters. The molecule has 1 amide bonds. The molecule has 164 valence electrons. The first-order valence-electron chi connectivity index (χ1n) is 11.2. The number of terminal acetylenes is 1. The van der Waals surface area contributed by atoms with Crippen molar-refractivity contribution in [2.75, 3.05) is 5.32 Å². The third-order valence-electron chi connectivity index (χ3n) is 7.30. The Kier molecular flexibility index (Phi) is 5.52. The highest BCUT2D eigenvalue weighted by atomic mass is 19.1. The second-order valence-corrected chi connectivity index (χ2v) is 9.15. The van der Waals surface area contributed by atoms with Crippen molar-refractivity contribution < 1.29 is 9.18 Å². The van der Waals surface area contributed by atoms with Gasteiger partial charge in [-0.15, -0.1) is 6.42 Å². The number of halogens is 1. The first-order valence-corrected chi connectivity index (χ1v) is 11.2. The molecule has 0 aliphatic heterocycles. The summed E-state index contributed by atoms with van der Waals surface area (Å²) in [6.45, 7) is 0. The van der Waals surface area contributed by atoms with Crippen LogP contribution >= 0.6 is 0 Å². The number of benzene rings is 1. The maximum atomic E-state index is 13.9. The van der Waals surface area contributed by atoms with Crippen LogP contribution in [0.15, 0.2) is 48.8 Å². The minimum absolute atomic E-state index is 0.0375. The van der Waals surface area contributed by atoms with Crippen LogP contribution in [-0.4, -0.2) is 15.9 Å². The lowest BCUT2D eigenvalue weighted by atomic mass is 9.85. The van der Waals surface area contributed by atoms with Crippen LogP contribution in [0.25, 0.3) is 10.9 Å². The molecule has 6 heteroatoms. The van der Waals surface area contributed by atoms with E-state index in [1.165, 1.54) is 12.3 Å². The summed E-state index contributed by atoms with van der Waals surface area (Å²) in [5.41, 5.74) is 3.00. The van der Waals surface area contributed by atoms with Crippen molar-refractivity contribution in [1.82, 2.24) is 9.97 Å². The maximum Gasteiger partial charge on any atom is 0.242 e. The van der Waals surface area contributed by atoms with Gasteiger partial charge in [0.1, 0.15) is 17.4 Å². The first-order chi connectivity index (χ1) is 16.1. The van der Waals surface area contributed by atoms with E-state index in [0.29, 0.717) is 29.1 Å². The van der Waals surface area contributed by atoms with Gasteiger partial charge in [0.05, 0.1) is 23.5 Å². The van der Waals surface area contributed by atoms with Crippen molar-refractivity contribution in [1.29, 1.82) is 5.26 Å². The van der Waals surface area contributed by atoms with Gasteiger partial charge in [0.15, 0.2) is 0 Å². The molecule has 0 radical (unpaired) electrons. The molecule has 1 aromatic carbocycles. The Morgan fingerprint density at radius 1 is 1.12 bits per heavy atom. The summed E-state index contributed by atoms with van der Waals surface area (Å²) >= 11 is 0. The summed E-state index contributed by atoms with van der Waals surface area (Å²) in [7, 11) is 0. The second-order valence-electron chi connectivity index (χ2n) is 9.15. The third-order valence-corrected chi connectivity index (χ3v) is 7.30. The zero-order valence-corrected chi connectivity index (χ0v) is 18.0. The van der Waals surface area contributed by atoms with Crippen LogP contribution in [0.2, 0.25) is 0 Å². The van der Waals surface area contributed by atoms with Gasteiger partial charge in [0.25, 0.3) is 0 Å². The van der Waals surface area contributed by atoms with Crippen LogP contribution in [-0.2, 0) is 4.79 Å². The predicted octanol–water partition coefficient (Wildman–Crippen LogP) is 5.05.